The molecule has 6 heteroatoms. The first-order valence-electron chi connectivity index (χ1n) is 6.79. The van der Waals surface area contributed by atoms with E-state index in [0.29, 0.717) is 31.4 Å². The Balaban J connectivity index is 2.55. The Labute approximate surface area is 116 Å². The van der Waals surface area contributed by atoms with Gasteiger partial charge in [0.05, 0.1) is 0 Å². The number of halogens is 1. The van der Waals surface area contributed by atoms with Crippen LogP contribution in [0.4, 0.5) is 0 Å². The second-order valence-corrected chi connectivity index (χ2v) is 7.40. The van der Waals surface area contributed by atoms with Gasteiger partial charge in [-0.3, -0.25) is 0 Å². The van der Waals surface area contributed by atoms with E-state index >= 15 is 0 Å². The molecule has 1 aliphatic heterocycles. The number of hydrogen-bond acceptors (Lipinski definition) is 2. The first kappa shape index (κ1) is 16.2. The van der Waals surface area contributed by atoms with Crippen LogP contribution < -0.4 is 0 Å². The molecule has 0 aromatic rings. The van der Waals surface area contributed by atoms with Crippen molar-refractivity contribution in [3.05, 3.63) is 0 Å². The normalized spacial score (nSPS) is 22.6. The number of unbranched alkanes of at least 4 members (excludes halogenated alkanes) is 2. The van der Waals surface area contributed by atoms with Crippen molar-refractivity contribution in [2.75, 3.05) is 32.6 Å². The molecule has 1 rings (SSSR count). The number of alkyl halides is 1. The van der Waals surface area contributed by atoms with Crippen LogP contribution in [0.25, 0.3) is 0 Å². The van der Waals surface area contributed by atoms with Crippen molar-refractivity contribution >= 4 is 21.8 Å². The summed E-state index contributed by atoms with van der Waals surface area (Å²) < 4.78 is 27.8. The summed E-state index contributed by atoms with van der Waals surface area (Å²) in [5, 5.41) is 0. The molecule has 0 aromatic heterocycles. The third kappa shape index (κ3) is 4.37. The van der Waals surface area contributed by atoms with Gasteiger partial charge in [0, 0.05) is 32.6 Å². The fourth-order valence-corrected chi connectivity index (χ4v) is 4.02. The van der Waals surface area contributed by atoms with Crippen LogP contribution in [0.15, 0.2) is 0 Å². The minimum Gasteiger partial charge on any atom is -0.195 e. The Morgan fingerprint density at radius 2 is 2.11 bits per heavy atom. The lowest BCUT2D eigenvalue weighted by atomic mass is 10.0. The molecule has 1 aliphatic rings. The van der Waals surface area contributed by atoms with Gasteiger partial charge >= 0.3 is 0 Å². The molecule has 0 spiro atoms. The molecule has 0 bridgehead atoms. The average molecular weight is 297 g/mol. The van der Waals surface area contributed by atoms with E-state index in [1.54, 1.807) is 11.4 Å². The highest BCUT2D eigenvalue weighted by molar-refractivity contribution is 7.86. The zero-order valence-electron chi connectivity index (χ0n) is 11.4. The van der Waals surface area contributed by atoms with E-state index in [9.17, 15) is 8.42 Å². The molecule has 18 heavy (non-hydrogen) atoms. The maximum atomic E-state index is 12.4. The smallest absolute Gasteiger partial charge is 0.195 e. The van der Waals surface area contributed by atoms with Gasteiger partial charge in [0.1, 0.15) is 0 Å². The maximum Gasteiger partial charge on any atom is 0.281 e. The molecule has 0 aromatic carbocycles. The number of piperidine rings is 1. The predicted octanol–water partition coefficient (Wildman–Crippen LogP) is 2.30. The lowest BCUT2D eigenvalue weighted by Gasteiger charge is -2.33. The van der Waals surface area contributed by atoms with E-state index in [4.69, 9.17) is 11.6 Å². The summed E-state index contributed by atoms with van der Waals surface area (Å²) in [7, 11) is -1.60. The lowest BCUT2D eigenvalue weighted by molar-refractivity contribution is 0.265. The van der Waals surface area contributed by atoms with Crippen molar-refractivity contribution in [3.63, 3.8) is 0 Å². The van der Waals surface area contributed by atoms with Crippen LogP contribution in [0, 0.1) is 5.92 Å². The minimum atomic E-state index is -3.28. The Kier molecular flexibility index (Phi) is 6.92. The molecule has 4 nitrogen and oxygen atoms in total. The van der Waals surface area contributed by atoms with Crippen molar-refractivity contribution < 1.29 is 8.42 Å². The molecular weight excluding hydrogens is 272 g/mol. The van der Waals surface area contributed by atoms with E-state index in [1.807, 2.05) is 0 Å². The Bertz CT molecular complexity index is 335. The summed E-state index contributed by atoms with van der Waals surface area (Å²) in [5.41, 5.74) is 0. The van der Waals surface area contributed by atoms with Gasteiger partial charge < -0.3 is 0 Å². The van der Waals surface area contributed by atoms with E-state index in [0.717, 1.165) is 32.1 Å². The molecule has 1 atom stereocenters. The van der Waals surface area contributed by atoms with Crippen LogP contribution in [0.3, 0.4) is 0 Å². The summed E-state index contributed by atoms with van der Waals surface area (Å²) in [4.78, 5) is 0. The van der Waals surface area contributed by atoms with Gasteiger partial charge in [-0.15, -0.1) is 11.6 Å². The largest absolute Gasteiger partial charge is 0.281 e. The van der Waals surface area contributed by atoms with Crippen LogP contribution in [-0.2, 0) is 10.2 Å². The summed E-state index contributed by atoms with van der Waals surface area (Å²) >= 11 is 5.84. The highest BCUT2D eigenvalue weighted by Crippen LogP contribution is 2.21. The van der Waals surface area contributed by atoms with Crippen molar-refractivity contribution in [1.82, 2.24) is 8.61 Å². The van der Waals surface area contributed by atoms with E-state index in [2.05, 4.69) is 6.92 Å². The van der Waals surface area contributed by atoms with Crippen molar-refractivity contribution in [2.24, 2.45) is 5.92 Å². The van der Waals surface area contributed by atoms with E-state index in [1.165, 1.54) is 4.31 Å². The maximum absolute atomic E-state index is 12.4. The molecule has 0 radical (unpaired) electrons. The molecule has 0 amide bonds. The average Bonchev–Trinajstić information content (AvgIpc) is 2.39. The van der Waals surface area contributed by atoms with Gasteiger partial charge in [0.2, 0.25) is 0 Å². The molecule has 0 N–H and O–H groups in total. The van der Waals surface area contributed by atoms with Gasteiger partial charge in [-0.1, -0.05) is 19.8 Å². The van der Waals surface area contributed by atoms with Crippen LogP contribution in [0.2, 0.25) is 0 Å². The molecule has 108 valence electrons. The van der Waals surface area contributed by atoms with Crippen LogP contribution in [0.1, 0.15) is 39.0 Å². The molecule has 1 fully saturated rings. The van der Waals surface area contributed by atoms with Crippen LogP contribution >= 0.6 is 11.6 Å². The topological polar surface area (TPSA) is 40.6 Å². The highest BCUT2D eigenvalue weighted by atomic mass is 35.5. The van der Waals surface area contributed by atoms with Gasteiger partial charge in [-0.05, 0) is 25.2 Å². The molecule has 0 aliphatic carbocycles. The summed E-state index contributed by atoms with van der Waals surface area (Å²) in [5.74, 6) is 0.852. The number of nitrogens with zero attached hydrogens (tertiary/aromatic N) is 2. The lowest BCUT2D eigenvalue weighted by Crippen LogP contribution is -2.47. The van der Waals surface area contributed by atoms with E-state index in [-0.39, 0.29) is 0 Å². The first-order chi connectivity index (χ1) is 8.52. The van der Waals surface area contributed by atoms with Crippen molar-refractivity contribution in [3.8, 4) is 0 Å². The van der Waals surface area contributed by atoms with Gasteiger partial charge in [0.15, 0.2) is 0 Å². The SMILES string of the molecule is CCCCCN(C)S(=O)(=O)N1CCCC(CCl)C1. The zero-order chi connectivity index (χ0) is 13.6. The number of hydrogen-bond donors (Lipinski definition) is 0. The fourth-order valence-electron chi connectivity index (χ4n) is 2.26. The van der Waals surface area contributed by atoms with Crippen LogP contribution in [0.5, 0.6) is 0 Å². The number of rotatable bonds is 7. The predicted molar refractivity (Wildman–Crippen MR) is 76.1 cm³/mol. The van der Waals surface area contributed by atoms with Crippen molar-refractivity contribution in [1.29, 1.82) is 0 Å². The monoisotopic (exact) mass is 296 g/mol. The van der Waals surface area contributed by atoms with Gasteiger partial charge in [0.25, 0.3) is 10.2 Å². The fraction of sp³-hybridized carbons (Fsp3) is 1.00. The van der Waals surface area contributed by atoms with Crippen LogP contribution in [-0.4, -0.2) is 49.6 Å². The van der Waals surface area contributed by atoms with Gasteiger partial charge in [-0.2, -0.15) is 17.0 Å². The molecule has 1 unspecified atom stereocenters. The standard InChI is InChI=1S/C12H25ClN2O2S/c1-3-4-5-8-14(2)18(16,17)15-9-6-7-12(10-13)11-15/h12H,3-11H2,1-2H3. The highest BCUT2D eigenvalue weighted by Gasteiger charge is 2.31. The Morgan fingerprint density at radius 1 is 1.39 bits per heavy atom. The summed E-state index contributed by atoms with van der Waals surface area (Å²) in [6, 6.07) is 0. The first-order valence-corrected chi connectivity index (χ1v) is 8.72. The van der Waals surface area contributed by atoms with E-state index < -0.39 is 10.2 Å². The Hall–Kier alpha value is 0.160. The molecule has 1 heterocycles. The zero-order valence-corrected chi connectivity index (χ0v) is 13.0. The summed E-state index contributed by atoms with van der Waals surface area (Å²) in [6.07, 6.45) is 5.06. The third-order valence-corrected chi connectivity index (χ3v) is 5.89. The third-order valence-electron chi connectivity index (χ3n) is 3.50. The minimum absolute atomic E-state index is 0.305. The molecule has 1 saturated heterocycles. The second kappa shape index (κ2) is 7.68. The quantitative estimate of drug-likeness (QED) is 0.534. The molecule has 0 saturated carbocycles. The Morgan fingerprint density at radius 3 is 2.72 bits per heavy atom. The van der Waals surface area contributed by atoms with Crippen molar-refractivity contribution in [2.45, 2.75) is 39.0 Å². The second-order valence-electron chi connectivity index (χ2n) is 5.06. The summed E-state index contributed by atoms with van der Waals surface area (Å²) in [6.45, 7) is 3.93. The molecular formula is C12H25ClN2O2S. The van der Waals surface area contributed by atoms with Gasteiger partial charge in [-0.25, -0.2) is 0 Å².